The van der Waals surface area contributed by atoms with Crippen LogP contribution in [-0.4, -0.2) is 11.4 Å². The Kier molecular flexibility index (Phi) is 4.40. The summed E-state index contributed by atoms with van der Waals surface area (Å²) in [7, 11) is 0. The zero-order valence-electron chi connectivity index (χ0n) is 10.8. The number of nitrogens with one attached hydrogen (secondary N) is 1. The van der Waals surface area contributed by atoms with Crippen molar-refractivity contribution in [2.45, 2.75) is 38.8 Å². The monoisotopic (exact) mass is 256 g/mol. The number of hydrogen-bond acceptors (Lipinski definition) is 2. The molecule has 18 heavy (non-hydrogen) atoms. The fraction of sp³-hybridized carbons (Fsp3) is 0.462. The minimum Gasteiger partial charge on any atom is -0.349 e. The van der Waals surface area contributed by atoms with Gasteiger partial charge in [-0.05, 0) is 32.9 Å². The molecule has 0 aromatic heterocycles. The van der Waals surface area contributed by atoms with E-state index in [4.69, 9.17) is 5.73 Å². The first-order valence-electron chi connectivity index (χ1n) is 5.73. The lowest BCUT2D eigenvalue weighted by molar-refractivity contribution is -0.122. The molecule has 0 saturated heterocycles. The summed E-state index contributed by atoms with van der Waals surface area (Å²) in [6.07, 6.45) is 0.0907. The van der Waals surface area contributed by atoms with Gasteiger partial charge in [0.15, 0.2) is 0 Å². The van der Waals surface area contributed by atoms with E-state index in [1.807, 2.05) is 0 Å². The van der Waals surface area contributed by atoms with Crippen LogP contribution >= 0.6 is 0 Å². The molecule has 0 fully saturated rings. The second kappa shape index (κ2) is 5.44. The molecule has 5 heteroatoms. The van der Waals surface area contributed by atoms with Crippen LogP contribution in [0.3, 0.4) is 0 Å². The minimum atomic E-state index is -0.735. The Morgan fingerprint density at radius 1 is 1.39 bits per heavy atom. The van der Waals surface area contributed by atoms with Crippen LogP contribution in [0.5, 0.6) is 0 Å². The Bertz CT molecular complexity index is 421. The van der Waals surface area contributed by atoms with E-state index in [2.05, 4.69) is 5.32 Å². The van der Waals surface area contributed by atoms with Crippen LogP contribution in [0.1, 0.15) is 38.8 Å². The van der Waals surface area contributed by atoms with Crippen molar-refractivity contribution in [3.8, 4) is 0 Å². The minimum absolute atomic E-state index is 0.0907. The Morgan fingerprint density at radius 3 is 2.33 bits per heavy atom. The zero-order valence-corrected chi connectivity index (χ0v) is 10.8. The standard InChI is InChI=1S/C13H18F2N2O/c1-8(17-11(18)7-13(2,3)16)12-9(14)5-4-6-10(12)15/h4-6,8H,7,16H2,1-3H3,(H,17,18). The third kappa shape index (κ3) is 4.07. The molecule has 3 N–H and O–H groups in total. The second-order valence-corrected chi connectivity index (χ2v) is 5.09. The molecule has 0 bridgehead atoms. The van der Waals surface area contributed by atoms with Gasteiger partial charge in [-0.2, -0.15) is 0 Å². The molecule has 1 aromatic carbocycles. The van der Waals surface area contributed by atoms with Crippen molar-refractivity contribution in [2.75, 3.05) is 0 Å². The van der Waals surface area contributed by atoms with Gasteiger partial charge in [0.25, 0.3) is 0 Å². The van der Waals surface area contributed by atoms with Crippen LogP contribution in [0.2, 0.25) is 0 Å². The van der Waals surface area contributed by atoms with Crippen molar-refractivity contribution in [1.82, 2.24) is 5.32 Å². The Balaban J connectivity index is 2.77. The third-order valence-corrected chi connectivity index (χ3v) is 2.43. The molecular weight excluding hydrogens is 238 g/mol. The number of hydrogen-bond donors (Lipinski definition) is 2. The molecule has 1 atom stereocenters. The van der Waals surface area contributed by atoms with Gasteiger partial charge >= 0.3 is 0 Å². The summed E-state index contributed by atoms with van der Waals surface area (Å²) in [5, 5.41) is 2.54. The molecule has 0 aliphatic carbocycles. The molecule has 0 radical (unpaired) electrons. The lowest BCUT2D eigenvalue weighted by Crippen LogP contribution is -2.40. The maximum atomic E-state index is 13.5. The molecule has 1 aromatic rings. The number of rotatable bonds is 4. The van der Waals surface area contributed by atoms with Crippen LogP contribution in [0, 0.1) is 11.6 Å². The van der Waals surface area contributed by atoms with E-state index >= 15 is 0 Å². The maximum Gasteiger partial charge on any atom is 0.222 e. The van der Waals surface area contributed by atoms with Crippen LogP contribution < -0.4 is 11.1 Å². The van der Waals surface area contributed by atoms with Gasteiger partial charge in [0.1, 0.15) is 11.6 Å². The Labute approximate surface area is 105 Å². The molecule has 0 aliphatic rings. The average Bonchev–Trinajstić information content (AvgIpc) is 2.13. The molecule has 1 amide bonds. The van der Waals surface area contributed by atoms with Gasteiger partial charge in [-0.25, -0.2) is 8.78 Å². The molecule has 1 unspecified atom stereocenters. The summed E-state index contributed by atoms with van der Waals surface area (Å²) in [6, 6.07) is 2.87. The topological polar surface area (TPSA) is 55.1 Å². The Morgan fingerprint density at radius 2 is 1.89 bits per heavy atom. The highest BCUT2D eigenvalue weighted by atomic mass is 19.1. The van der Waals surface area contributed by atoms with Crippen molar-refractivity contribution in [3.05, 3.63) is 35.4 Å². The summed E-state index contributed by atoms with van der Waals surface area (Å²) >= 11 is 0. The quantitative estimate of drug-likeness (QED) is 0.868. The highest BCUT2D eigenvalue weighted by Gasteiger charge is 2.21. The predicted octanol–water partition coefficient (Wildman–Crippen LogP) is 2.27. The zero-order chi connectivity index (χ0) is 13.9. The van der Waals surface area contributed by atoms with E-state index in [0.29, 0.717) is 0 Å². The fourth-order valence-corrected chi connectivity index (χ4v) is 1.70. The molecular formula is C13H18F2N2O. The van der Waals surface area contributed by atoms with Crippen molar-refractivity contribution < 1.29 is 13.6 Å². The van der Waals surface area contributed by atoms with Gasteiger partial charge in [-0.15, -0.1) is 0 Å². The average molecular weight is 256 g/mol. The summed E-state index contributed by atoms with van der Waals surface area (Å²) in [5.41, 5.74) is 4.91. The molecule has 1 rings (SSSR count). The summed E-state index contributed by atoms with van der Waals surface area (Å²) in [6.45, 7) is 4.95. The summed E-state index contributed by atoms with van der Waals surface area (Å²) in [5.74, 6) is -1.68. The van der Waals surface area contributed by atoms with Crippen molar-refractivity contribution in [3.63, 3.8) is 0 Å². The normalized spacial score (nSPS) is 13.2. The number of carbonyl (C=O) groups is 1. The van der Waals surface area contributed by atoms with Crippen LogP contribution in [0.4, 0.5) is 8.78 Å². The maximum absolute atomic E-state index is 13.5. The number of halogens is 2. The lowest BCUT2D eigenvalue weighted by atomic mass is 10.0. The number of carbonyl (C=O) groups excluding carboxylic acids is 1. The highest BCUT2D eigenvalue weighted by Crippen LogP contribution is 2.20. The van der Waals surface area contributed by atoms with E-state index in [1.54, 1.807) is 13.8 Å². The van der Waals surface area contributed by atoms with E-state index < -0.39 is 23.2 Å². The molecule has 100 valence electrons. The first-order valence-corrected chi connectivity index (χ1v) is 5.73. The fourth-order valence-electron chi connectivity index (χ4n) is 1.70. The largest absolute Gasteiger partial charge is 0.349 e. The van der Waals surface area contributed by atoms with Crippen molar-refractivity contribution in [1.29, 1.82) is 0 Å². The predicted molar refractivity (Wildman–Crippen MR) is 65.8 cm³/mol. The molecule has 0 aliphatic heterocycles. The SMILES string of the molecule is CC(NC(=O)CC(C)(C)N)c1c(F)cccc1F. The van der Waals surface area contributed by atoms with Crippen LogP contribution in [-0.2, 0) is 4.79 Å². The smallest absolute Gasteiger partial charge is 0.222 e. The lowest BCUT2D eigenvalue weighted by Gasteiger charge is -2.21. The summed E-state index contributed by atoms with van der Waals surface area (Å²) in [4.78, 5) is 11.6. The first-order chi connectivity index (χ1) is 8.20. The van der Waals surface area contributed by atoms with Gasteiger partial charge in [-0.1, -0.05) is 6.07 Å². The molecule has 3 nitrogen and oxygen atoms in total. The first kappa shape index (κ1) is 14.6. The van der Waals surface area contributed by atoms with Gasteiger partial charge < -0.3 is 11.1 Å². The van der Waals surface area contributed by atoms with Crippen LogP contribution in [0.25, 0.3) is 0 Å². The number of benzene rings is 1. The van der Waals surface area contributed by atoms with Crippen LogP contribution in [0.15, 0.2) is 18.2 Å². The summed E-state index contributed by atoms with van der Waals surface area (Å²) < 4.78 is 26.9. The highest BCUT2D eigenvalue weighted by molar-refractivity contribution is 5.77. The van der Waals surface area contributed by atoms with E-state index in [1.165, 1.54) is 13.0 Å². The second-order valence-electron chi connectivity index (χ2n) is 5.09. The van der Waals surface area contributed by atoms with Gasteiger partial charge in [0, 0.05) is 17.5 Å². The molecule has 0 spiro atoms. The van der Waals surface area contributed by atoms with Crippen molar-refractivity contribution in [2.24, 2.45) is 5.73 Å². The third-order valence-electron chi connectivity index (χ3n) is 2.43. The molecule has 0 heterocycles. The number of nitrogens with two attached hydrogens (primary N) is 1. The molecule has 0 saturated carbocycles. The number of amides is 1. The Hall–Kier alpha value is -1.49. The van der Waals surface area contributed by atoms with Gasteiger partial charge in [0.05, 0.1) is 6.04 Å². The van der Waals surface area contributed by atoms with E-state index in [0.717, 1.165) is 12.1 Å². The van der Waals surface area contributed by atoms with E-state index in [-0.39, 0.29) is 17.9 Å². The van der Waals surface area contributed by atoms with Crippen molar-refractivity contribution >= 4 is 5.91 Å². The van der Waals surface area contributed by atoms with Gasteiger partial charge in [-0.3, -0.25) is 4.79 Å². The van der Waals surface area contributed by atoms with Gasteiger partial charge in [0.2, 0.25) is 5.91 Å². The van der Waals surface area contributed by atoms with E-state index in [9.17, 15) is 13.6 Å².